The summed E-state index contributed by atoms with van der Waals surface area (Å²) in [4.78, 5) is 18.8. The number of likely N-dealkylation sites (tertiary alicyclic amines) is 1. The molecule has 4 rings (SSSR count). The number of amides is 2. The number of nitrogens with one attached hydrogen (secondary N) is 1. The summed E-state index contributed by atoms with van der Waals surface area (Å²) in [7, 11) is 1.52. The van der Waals surface area contributed by atoms with E-state index in [0.29, 0.717) is 23.4 Å². The predicted molar refractivity (Wildman–Crippen MR) is 97.8 cm³/mol. The van der Waals surface area contributed by atoms with Crippen LogP contribution in [0, 0.1) is 6.92 Å². The first kappa shape index (κ1) is 16.8. The van der Waals surface area contributed by atoms with Crippen LogP contribution >= 0.6 is 11.3 Å². The minimum absolute atomic E-state index is 0.171. The van der Waals surface area contributed by atoms with Crippen LogP contribution in [0.25, 0.3) is 11.1 Å². The first-order chi connectivity index (χ1) is 12.6. The normalized spacial score (nSPS) is 15.4. The number of carbonyl (C=O) groups is 1. The first-order valence-electron chi connectivity index (χ1n) is 8.43. The molecule has 0 atom stereocenters. The molecule has 0 aliphatic carbocycles. The third-order valence-corrected chi connectivity index (χ3v) is 5.35. The lowest BCUT2D eigenvalue weighted by atomic mass is 9.97. The molecule has 3 heterocycles. The molecule has 136 valence electrons. The van der Waals surface area contributed by atoms with Gasteiger partial charge in [-0.25, -0.2) is 9.78 Å². The number of hydrogen-bond acceptors (Lipinski definition) is 7. The van der Waals surface area contributed by atoms with Gasteiger partial charge in [-0.1, -0.05) is 17.2 Å². The van der Waals surface area contributed by atoms with Crippen LogP contribution in [0.5, 0.6) is 5.19 Å². The Bertz CT molecular complexity index is 930. The average Bonchev–Trinajstić information content (AvgIpc) is 3.29. The van der Waals surface area contributed by atoms with Crippen LogP contribution in [0.2, 0.25) is 0 Å². The van der Waals surface area contributed by atoms with Gasteiger partial charge in [-0.3, -0.25) is 5.32 Å². The molecule has 1 N–H and O–H groups in total. The van der Waals surface area contributed by atoms with Crippen molar-refractivity contribution in [1.82, 2.24) is 20.1 Å². The molecule has 1 saturated heterocycles. The van der Waals surface area contributed by atoms with E-state index in [1.54, 1.807) is 4.90 Å². The van der Waals surface area contributed by atoms with Gasteiger partial charge in [0, 0.05) is 19.0 Å². The maximum Gasteiger partial charge on any atom is 0.323 e. The second kappa shape index (κ2) is 6.91. The van der Waals surface area contributed by atoms with Crippen molar-refractivity contribution >= 4 is 33.6 Å². The van der Waals surface area contributed by atoms with Crippen LogP contribution < -0.4 is 10.1 Å². The van der Waals surface area contributed by atoms with E-state index in [1.807, 2.05) is 25.1 Å². The van der Waals surface area contributed by atoms with Crippen LogP contribution in [0.3, 0.4) is 0 Å². The second-order valence-corrected chi connectivity index (χ2v) is 7.18. The van der Waals surface area contributed by atoms with E-state index in [2.05, 4.69) is 20.5 Å². The molecule has 26 heavy (non-hydrogen) atoms. The molecule has 1 aromatic carbocycles. The second-order valence-electron chi connectivity index (χ2n) is 6.24. The van der Waals surface area contributed by atoms with E-state index in [9.17, 15) is 4.79 Å². The van der Waals surface area contributed by atoms with Crippen LogP contribution in [0.15, 0.2) is 22.6 Å². The van der Waals surface area contributed by atoms with Crippen molar-refractivity contribution in [2.24, 2.45) is 0 Å². The lowest BCUT2D eigenvalue weighted by Gasteiger charge is -2.30. The summed E-state index contributed by atoms with van der Waals surface area (Å²) < 4.78 is 11.0. The third-order valence-electron chi connectivity index (χ3n) is 4.55. The molecule has 8 nitrogen and oxygen atoms in total. The van der Waals surface area contributed by atoms with Gasteiger partial charge in [0.1, 0.15) is 5.52 Å². The Balaban J connectivity index is 1.38. The number of rotatable bonds is 3. The van der Waals surface area contributed by atoms with Crippen LogP contribution in [0.4, 0.5) is 9.93 Å². The summed E-state index contributed by atoms with van der Waals surface area (Å²) in [5, 5.41) is 11.3. The summed E-state index contributed by atoms with van der Waals surface area (Å²) in [6.07, 6.45) is 1.64. The number of benzene rings is 1. The molecule has 1 aliphatic rings. The minimum Gasteiger partial charge on any atom is -0.472 e. The number of aromatic nitrogens is 3. The highest BCUT2D eigenvalue weighted by atomic mass is 32.1. The van der Waals surface area contributed by atoms with Crippen LogP contribution in [-0.4, -0.2) is 46.3 Å². The largest absolute Gasteiger partial charge is 0.472 e. The van der Waals surface area contributed by atoms with Crippen molar-refractivity contribution in [3.63, 3.8) is 0 Å². The molecule has 0 spiro atoms. The number of oxazole rings is 1. The van der Waals surface area contributed by atoms with Crippen molar-refractivity contribution in [3.05, 3.63) is 29.7 Å². The summed E-state index contributed by atoms with van der Waals surface area (Å²) in [5.74, 6) is 0.996. The van der Waals surface area contributed by atoms with Gasteiger partial charge in [-0.05, 0) is 42.7 Å². The summed E-state index contributed by atoms with van der Waals surface area (Å²) >= 11 is 1.20. The summed E-state index contributed by atoms with van der Waals surface area (Å²) in [6.45, 7) is 3.31. The van der Waals surface area contributed by atoms with Gasteiger partial charge in [0.05, 0.1) is 7.11 Å². The number of methoxy groups -OCH3 is 1. The fraction of sp³-hybridized carbons (Fsp3) is 0.412. The molecule has 9 heteroatoms. The standard InChI is InChI=1S/C17H19N5O3S/c1-10-4-3-5-12-13(10)25-14(18-12)11-6-8-22(9-7-11)16(23)19-15-20-21-17(24-2)26-15/h3-5,11H,6-9H2,1-2H3,(H,19,20,23). The van der Waals surface area contributed by atoms with Crippen molar-refractivity contribution < 1.29 is 13.9 Å². The van der Waals surface area contributed by atoms with E-state index in [-0.39, 0.29) is 11.9 Å². The third kappa shape index (κ3) is 3.22. The molecule has 2 amide bonds. The van der Waals surface area contributed by atoms with E-state index in [4.69, 9.17) is 9.15 Å². The number of anilines is 1. The number of piperidine rings is 1. The van der Waals surface area contributed by atoms with Gasteiger partial charge in [0.2, 0.25) is 5.13 Å². The summed E-state index contributed by atoms with van der Waals surface area (Å²) in [5.41, 5.74) is 2.84. The number of aryl methyl sites for hydroxylation is 1. The van der Waals surface area contributed by atoms with Gasteiger partial charge < -0.3 is 14.1 Å². The maximum atomic E-state index is 12.4. The van der Waals surface area contributed by atoms with Crippen LogP contribution in [0.1, 0.15) is 30.2 Å². The quantitative estimate of drug-likeness (QED) is 0.756. The number of para-hydroxylation sites is 1. The lowest BCUT2D eigenvalue weighted by Crippen LogP contribution is -2.40. The van der Waals surface area contributed by atoms with Gasteiger partial charge >= 0.3 is 6.03 Å². The zero-order valence-electron chi connectivity index (χ0n) is 14.6. The minimum atomic E-state index is -0.171. The van der Waals surface area contributed by atoms with E-state index >= 15 is 0 Å². The number of urea groups is 1. The highest BCUT2D eigenvalue weighted by Crippen LogP contribution is 2.31. The SMILES string of the molecule is COc1nnc(NC(=O)N2CCC(c3nc4cccc(C)c4o3)CC2)s1. The Kier molecular flexibility index (Phi) is 4.46. The number of carbonyl (C=O) groups excluding carboxylic acids is 1. The molecular formula is C17H19N5O3S. The fourth-order valence-electron chi connectivity index (χ4n) is 3.12. The van der Waals surface area contributed by atoms with Crippen molar-refractivity contribution in [2.75, 3.05) is 25.5 Å². The van der Waals surface area contributed by atoms with Gasteiger partial charge in [-0.2, -0.15) is 0 Å². The molecule has 0 radical (unpaired) electrons. The predicted octanol–water partition coefficient (Wildman–Crippen LogP) is 3.41. The fourth-order valence-corrected chi connectivity index (χ4v) is 3.67. The number of ether oxygens (including phenoxy) is 1. The maximum absolute atomic E-state index is 12.4. The Hall–Kier alpha value is -2.68. The van der Waals surface area contributed by atoms with Crippen LogP contribution in [-0.2, 0) is 0 Å². The van der Waals surface area contributed by atoms with Gasteiger partial charge in [0.15, 0.2) is 11.5 Å². The first-order valence-corrected chi connectivity index (χ1v) is 9.25. The topological polar surface area (TPSA) is 93.4 Å². The van der Waals surface area contributed by atoms with Crippen molar-refractivity contribution in [3.8, 4) is 5.19 Å². The number of fused-ring (bicyclic) bond motifs is 1. The van der Waals surface area contributed by atoms with Gasteiger partial charge in [-0.15, -0.1) is 5.10 Å². The Morgan fingerprint density at radius 1 is 1.35 bits per heavy atom. The zero-order valence-corrected chi connectivity index (χ0v) is 15.4. The number of hydrogen-bond donors (Lipinski definition) is 1. The van der Waals surface area contributed by atoms with E-state index in [1.165, 1.54) is 18.4 Å². The highest BCUT2D eigenvalue weighted by Gasteiger charge is 2.27. The molecule has 0 bridgehead atoms. The van der Waals surface area contributed by atoms with E-state index < -0.39 is 0 Å². The van der Waals surface area contributed by atoms with Crippen molar-refractivity contribution in [2.45, 2.75) is 25.7 Å². The van der Waals surface area contributed by atoms with Gasteiger partial charge in [0.25, 0.3) is 5.19 Å². The molecule has 0 unspecified atom stereocenters. The zero-order chi connectivity index (χ0) is 18.1. The van der Waals surface area contributed by atoms with Crippen molar-refractivity contribution in [1.29, 1.82) is 0 Å². The summed E-state index contributed by atoms with van der Waals surface area (Å²) in [6, 6.07) is 5.80. The Morgan fingerprint density at radius 3 is 2.85 bits per heavy atom. The average molecular weight is 373 g/mol. The Morgan fingerprint density at radius 2 is 2.15 bits per heavy atom. The molecule has 1 aliphatic heterocycles. The molecule has 3 aromatic rings. The molecular weight excluding hydrogens is 354 g/mol. The lowest BCUT2D eigenvalue weighted by molar-refractivity contribution is 0.190. The number of nitrogens with zero attached hydrogens (tertiary/aromatic N) is 4. The molecule has 0 saturated carbocycles. The Labute approximate surface area is 154 Å². The smallest absolute Gasteiger partial charge is 0.323 e. The highest BCUT2D eigenvalue weighted by molar-refractivity contribution is 7.17. The molecule has 2 aromatic heterocycles. The monoisotopic (exact) mass is 373 g/mol. The van der Waals surface area contributed by atoms with E-state index in [0.717, 1.165) is 35.4 Å². The molecule has 1 fully saturated rings.